The summed E-state index contributed by atoms with van der Waals surface area (Å²) in [6.07, 6.45) is -0.213. The molecule has 8 heteroatoms. The first-order valence-electron chi connectivity index (χ1n) is 9.21. The average molecular weight is 412 g/mol. The van der Waals surface area contributed by atoms with Crippen LogP contribution in [-0.4, -0.2) is 54.3 Å². The van der Waals surface area contributed by atoms with Crippen LogP contribution in [0.3, 0.4) is 0 Å². The molecule has 0 aliphatic carbocycles. The number of fused-ring (bicyclic) bond motifs is 1. The lowest BCUT2D eigenvalue weighted by Crippen LogP contribution is -2.40. The summed E-state index contributed by atoms with van der Waals surface area (Å²) in [5.74, 6) is -0.914. The molecule has 1 fully saturated rings. The van der Waals surface area contributed by atoms with Crippen molar-refractivity contribution in [1.29, 1.82) is 0 Å². The molecule has 0 unspecified atom stereocenters. The number of benzene rings is 2. The number of likely N-dealkylation sites (tertiary alicyclic amines) is 1. The highest BCUT2D eigenvalue weighted by molar-refractivity contribution is 6.46. The lowest BCUT2D eigenvalue weighted by Gasteiger charge is -2.34. The molecule has 6 nitrogen and oxygen atoms in total. The highest BCUT2D eigenvalue weighted by Crippen LogP contribution is 2.42. The Labute approximate surface area is 173 Å². The Kier molecular flexibility index (Phi) is 5.06. The van der Waals surface area contributed by atoms with E-state index in [0.717, 1.165) is 6.07 Å². The predicted molar refractivity (Wildman–Crippen MR) is 113 cm³/mol. The summed E-state index contributed by atoms with van der Waals surface area (Å²) in [4.78, 5) is 14.8. The maximum absolute atomic E-state index is 12.8. The molecule has 0 spiro atoms. The number of aliphatic hydroxyl groups is 1. The molecular weight excluding hydrogens is 392 g/mol. The topological polar surface area (TPSA) is 94.1 Å². The maximum atomic E-state index is 12.8. The fourth-order valence-electron chi connectivity index (χ4n) is 3.98. The minimum absolute atomic E-state index is 0.0390. The van der Waals surface area contributed by atoms with Crippen LogP contribution in [0, 0.1) is 0 Å². The van der Waals surface area contributed by atoms with Crippen LogP contribution in [0.2, 0.25) is 5.02 Å². The number of halogens is 1. The van der Waals surface area contributed by atoms with Gasteiger partial charge in [0, 0.05) is 40.7 Å². The molecule has 0 amide bonds. The van der Waals surface area contributed by atoms with Gasteiger partial charge in [0.15, 0.2) is 5.43 Å². The third-order valence-corrected chi connectivity index (χ3v) is 5.87. The van der Waals surface area contributed by atoms with E-state index in [1.54, 1.807) is 18.2 Å². The number of aromatic hydroxyl groups is 2. The number of hydrogen-bond donors (Lipinski definition) is 3. The summed E-state index contributed by atoms with van der Waals surface area (Å²) < 4.78 is 6.00. The summed E-state index contributed by atoms with van der Waals surface area (Å²) >= 11 is 6.29. The molecule has 0 bridgehead atoms. The summed E-state index contributed by atoms with van der Waals surface area (Å²) in [7, 11) is 7.76. The van der Waals surface area contributed by atoms with E-state index >= 15 is 0 Å². The molecule has 2 heterocycles. The Balaban J connectivity index is 2.00. The van der Waals surface area contributed by atoms with Crippen LogP contribution >= 0.6 is 11.6 Å². The van der Waals surface area contributed by atoms with Gasteiger partial charge in [-0.1, -0.05) is 29.2 Å². The number of β-amino-alcohol motifs (C(OH)–C–C–N with tert-alkyl or cyclic N) is 1. The van der Waals surface area contributed by atoms with Gasteiger partial charge in [0.05, 0.1) is 6.10 Å². The lowest BCUT2D eigenvalue weighted by molar-refractivity contribution is 0.0631. The van der Waals surface area contributed by atoms with Crippen molar-refractivity contribution in [2.75, 3.05) is 20.1 Å². The number of likely N-dealkylation sites (N-methyl/N-ethyl adjacent to an activating group) is 1. The molecule has 3 aromatic rings. The molecular formula is C21H19BClNO5. The summed E-state index contributed by atoms with van der Waals surface area (Å²) in [5, 5.41) is 31.7. The smallest absolute Gasteiger partial charge is 0.197 e. The SMILES string of the molecule is [B]c1cccc(-c2cc(=O)c3c(O)cc(O)c([C@H]4CCN(C)C[C@H]4O)c3o2)c1Cl. The second kappa shape index (κ2) is 7.41. The summed E-state index contributed by atoms with van der Waals surface area (Å²) in [6, 6.07) is 7.32. The van der Waals surface area contributed by atoms with Crippen molar-refractivity contribution in [3.63, 3.8) is 0 Å². The van der Waals surface area contributed by atoms with Crippen LogP contribution < -0.4 is 10.9 Å². The fourth-order valence-corrected chi connectivity index (χ4v) is 4.20. The summed E-state index contributed by atoms with van der Waals surface area (Å²) in [5.41, 5.74) is 0.607. The van der Waals surface area contributed by atoms with Gasteiger partial charge < -0.3 is 24.6 Å². The normalized spacial score (nSPS) is 20.2. The number of phenols is 2. The molecule has 3 N–H and O–H groups in total. The molecule has 2 aromatic carbocycles. The van der Waals surface area contributed by atoms with Crippen LogP contribution in [0.5, 0.6) is 11.5 Å². The van der Waals surface area contributed by atoms with Crippen LogP contribution in [0.15, 0.2) is 39.5 Å². The monoisotopic (exact) mass is 411 g/mol. The van der Waals surface area contributed by atoms with Crippen LogP contribution in [-0.2, 0) is 0 Å². The van der Waals surface area contributed by atoms with E-state index in [1.165, 1.54) is 6.07 Å². The van der Waals surface area contributed by atoms with Gasteiger partial charge in [-0.05, 0) is 26.1 Å². The zero-order chi connectivity index (χ0) is 20.9. The Morgan fingerprint density at radius 1 is 1.24 bits per heavy atom. The first-order valence-corrected chi connectivity index (χ1v) is 9.59. The Hall–Kier alpha value is -2.48. The first kappa shape index (κ1) is 19.8. The number of phenolic OH excluding ortho intramolecular Hbond substituents is 2. The number of hydrogen-bond acceptors (Lipinski definition) is 6. The molecule has 148 valence electrons. The van der Waals surface area contributed by atoms with Gasteiger partial charge in [0.2, 0.25) is 0 Å². The van der Waals surface area contributed by atoms with Gasteiger partial charge in [-0.3, -0.25) is 4.79 Å². The van der Waals surface area contributed by atoms with E-state index in [4.69, 9.17) is 23.9 Å². The molecule has 0 saturated carbocycles. The highest BCUT2D eigenvalue weighted by atomic mass is 35.5. The van der Waals surface area contributed by atoms with Crippen LogP contribution in [0.4, 0.5) is 0 Å². The van der Waals surface area contributed by atoms with Crippen LogP contribution in [0.25, 0.3) is 22.3 Å². The van der Waals surface area contributed by atoms with E-state index in [1.807, 2.05) is 11.9 Å². The second-order valence-corrected chi connectivity index (χ2v) is 7.82. The quantitative estimate of drug-likeness (QED) is 0.559. The molecule has 1 saturated heterocycles. The number of piperidine rings is 1. The number of aliphatic hydroxyl groups excluding tert-OH is 1. The minimum Gasteiger partial charge on any atom is -0.507 e. The molecule has 1 aliphatic heterocycles. The van der Waals surface area contributed by atoms with E-state index in [-0.39, 0.29) is 33.3 Å². The van der Waals surface area contributed by atoms with Crippen molar-refractivity contribution in [3.8, 4) is 22.8 Å². The lowest BCUT2D eigenvalue weighted by atomic mass is 9.85. The largest absolute Gasteiger partial charge is 0.507 e. The maximum Gasteiger partial charge on any atom is 0.197 e. The fraction of sp³-hybridized carbons (Fsp3) is 0.286. The molecule has 4 rings (SSSR count). The van der Waals surface area contributed by atoms with Crippen molar-refractivity contribution in [2.24, 2.45) is 0 Å². The molecule has 2 radical (unpaired) electrons. The molecule has 29 heavy (non-hydrogen) atoms. The standard InChI is InChI=1S/C21H19BClNO5/c1-24-6-5-10(16(28)9-24)18-13(25)7-14(26)19-15(27)8-17(29-21(18)19)11-3-2-4-12(22)20(11)23/h2-4,7-8,10,16,25-26,28H,5-6,9H2,1H3/t10-,16+/m0/s1. The van der Waals surface area contributed by atoms with E-state index in [2.05, 4.69) is 0 Å². The van der Waals surface area contributed by atoms with Crippen molar-refractivity contribution in [2.45, 2.75) is 18.4 Å². The third-order valence-electron chi connectivity index (χ3n) is 5.45. The van der Waals surface area contributed by atoms with Gasteiger partial charge >= 0.3 is 0 Å². The zero-order valence-electron chi connectivity index (χ0n) is 15.7. The number of nitrogens with zero attached hydrogens (tertiary/aromatic N) is 1. The molecule has 1 aliphatic rings. The second-order valence-electron chi connectivity index (χ2n) is 7.44. The van der Waals surface area contributed by atoms with Crippen molar-refractivity contribution >= 4 is 35.9 Å². The average Bonchev–Trinajstić information content (AvgIpc) is 2.64. The minimum atomic E-state index is -0.766. The van der Waals surface area contributed by atoms with Crippen molar-refractivity contribution in [3.05, 3.63) is 51.1 Å². The van der Waals surface area contributed by atoms with E-state index in [9.17, 15) is 20.1 Å². The van der Waals surface area contributed by atoms with Gasteiger partial charge in [-0.15, -0.1) is 0 Å². The molecule has 2 atom stereocenters. The van der Waals surface area contributed by atoms with Gasteiger partial charge in [0.1, 0.15) is 36.1 Å². The van der Waals surface area contributed by atoms with E-state index in [0.29, 0.717) is 36.1 Å². The first-order chi connectivity index (χ1) is 13.8. The molecule has 1 aromatic heterocycles. The van der Waals surface area contributed by atoms with Crippen LogP contribution in [0.1, 0.15) is 17.9 Å². The number of rotatable bonds is 2. The van der Waals surface area contributed by atoms with Gasteiger partial charge in [0.25, 0.3) is 0 Å². The highest BCUT2D eigenvalue weighted by Gasteiger charge is 2.33. The van der Waals surface area contributed by atoms with Crippen molar-refractivity contribution < 1.29 is 19.7 Å². The predicted octanol–water partition coefficient (Wildman–Crippen LogP) is 2.10. The Morgan fingerprint density at radius 2 is 2.00 bits per heavy atom. The Bertz CT molecular complexity index is 1160. The van der Waals surface area contributed by atoms with E-state index < -0.39 is 17.5 Å². The van der Waals surface area contributed by atoms with Gasteiger partial charge in [-0.2, -0.15) is 0 Å². The van der Waals surface area contributed by atoms with Crippen molar-refractivity contribution in [1.82, 2.24) is 4.90 Å². The van der Waals surface area contributed by atoms with Gasteiger partial charge in [-0.25, -0.2) is 0 Å². The zero-order valence-corrected chi connectivity index (χ0v) is 16.5. The Morgan fingerprint density at radius 3 is 2.72 bits per heavy atom. The summed E-state index contributed by atoms with van der Waals surface area (Å²) in [6.45, 7) is 1.12. The third kappa shape index (κ3) is 3.39.